The lowest BCUT2D eigenvalue weighted by molar-refractivity contribution is -0.139. The lowest BCUT2D eigenvalue weighted by Gasteiger charge is -2.25. The van der Waals surface area contributed by atoms with Crippen LogP contribution in [0.2, 0.25) is 0 Å². The molecule has 5 nitrogen and oxygen atoms in total. The van der Waals surface area contributed by atoms with Crippen LogP contribution in [0.25, 0.3) is 0 Å². The van der Waals surface area contributed by atoms with Gasteiger partial charge in [0.05, 0.1) is 6.42 Å². The third kappa shape index (κ3) is 2.75. The number of aliphatic carboxylic acids is 1. The fourth-order valence-electron chi connectivity index (χ4n) is 1.94. The predicted octanol–water partition coefficient (Wildman–Crippen LogP) is 1.42. The van der Waals surface area contributed by atoms with E-state index in [0.717, 1.165) is 17.7 Å². The van der Waals surface area contributed by atoms with E-state index < -0.39 is 5.97 Å². The summed E-state index contributed by atoms with van der Waals surface area (Å²) in [6.45, 7) is 0. The van der Waals surface area contributed by atoms with Crippen molar-refractivity contribution >= 4 is 18.1 Å². The summed E-state index contributed by atoms with van der Waals surface area (Å²) in [5.74, 6) is -0.142. The average molecular weight is 235 g/mol. The molecule has 0 aromatic heterocycles. The summed E-state index contributed by atoms with van der Waals surface area (Å²) in [5, 5.41) is 11.3. The largest absolute Gasteiger partial charge is 0.490 e. The highest BCUT2D eigenvalue weighted by molar-refractivity contribution is 5.72. The molecular formula is C12H13NO4. The molecule has 0 spiro atoms. The van der Waals surface area contributed by atoms with Crippen LogP contribution in [0.15, 0.2) is 18.2 Å². The molecule has 5 heteroatoms. The minimum absolute atomic E-state index is 0.0216. The first-order valence-corrected chi connectivity index (χ1v) is 5.40. The standard InChI is InChI=1S/C12H13NO4/c14-7-13-9-2-4-11-8(5-9)1-3-10(17-11)6-12(15)16/h2,4-5,7,10H,1,3,6H2,(H,13,14)(H,15,16). The van der Waals surface area contributed by atoms with Crippen molar-refractivity contribution in [1.29, 1.82) is 0 Å². The number of nitrogens with one attached hydrogen (secondary N) is 1. The van der Waals surface area contributed by atoms with Gasteiger partial charge in [-0.3, -0.25) is 9.59 Å². The van der Waals surface area contributed by atoms with Crippen molar-refractivity contribution in [1.82, 2.24) is 0 Å². The van der Waals surface area contributed by atoms with Crippen LogP contribution in [0.1, 0.15) is 18.4 Å². The Labute approximate surface area is 98.4 Å². The van der Waals surface area contributed by atoms with E-state index in [4.69, 9.17) is 9.84 Å². The average Bonchev–Trinajstić information content (AvgIpc) is 2.29. The summed E-state index contributed by atoms with van der Waals surface area (Å²) in [6.07, 6.45) is 1.84. The number of aryl methyl sites for hydroxylation is 1. The second-order valence-electron chi connectivity index (χ2n) is 3.96. The number of carbonyl (C=O) groups excluding carboxylic acids is 1. The van der Waals surface area contributed by atoms with Crippen molar-refractivity contribution in [3.63, 3.8) is 0 Å². The van der Waals surface area contributed by atoms with Gasteiger partial charge in [-0.25, -0.2) is 0 Å². The van der Waals surface area contributed by atoms with E-state index >= 15 is 0 Å². The van der Waals surface area contributed by atoms with E-state index in [1.165, 1.54) is 0 Å². The Bertz CT molecular complexity index is 444. The molecule has 0 radical (unpaired) electrons. The molecule has 0 bridgehead atoms. The number of fused-ring (bicyclic) bond motifs is 1. The van der Waals surface area contributed by atoms with Crippen LogP contribution in [-0.4, -0.2) is 23.6 Å². The SMILES string of the molecule is O=CNc1ccc2c(c1)CCC(CC(=O)O)O2. The van der Waals surface area contributed by atoms with Crippen molar-refractivity contribution in [2.45, 2.75) is 25.4 Å². The molecular weight excluding hydrogens is 222 g/mol. The van der Waals surface area contributed by atoms with E-state index in [9.17, 15) is 9.59 Å². The first kappa shape index (κ1) is 11.4. The zero-order valence-corrected chi connectivity index (χ0v) is 9.18. The van der Waals surface area contributed by atoms with E-state index in [1.807, 2.05) is 6.07 Å². The number of hydrogen-bond donors (Lipinski definition) is 2. The van der Waals surface area contributed by atoms with Crippen LogP contribution in [-0.2, 0) is 16.0 Å². The molecule has 1 aliphatic heterocycles. The number of anilines is 1. The monoisotopic (exact) mass is 235 g/mol. The van der Waals surface area contributed by atoms with Gasteiger partial charge in [0.15, 0.2) is 0 Å². The highest BCUT2D eigenvalue weighted by Crippen LogP contribution is 2.30. The van der Waals surface area contributed by atoms with Gasteiger partial charge in [-0.05, 0) is 36.6 Å². The molecule has 90 valence electrons. The molecule has 2 rings (SSSR count). The number of carboxylic acids is 1. The maximum Gasteiger partial charge on any atom is 0.307 e. The van der Waals surface area contributed by atoms with Gasteiger partial charge in [-0.2, -0.15) is 0 Å². The molecule has 1 aromatic carbocycles. The number of hydrogen-bond acceptors (Lipinski definition) is 3. The molecule has 2 N–H and O–H groups in total. The summed E-state index contributed by atoms with van der Waals surface area (Å²) < 4.78 is 5.58. The third-order valence-electron chi connectivity index (χ3n) is 2.72. The molecule has 0 aliphatic carbocycles. The lowest BCUT2D eigenvalue weighted by Crippen LogP contribution is -2.25. The number of ether oxygens (including phenoxy) is 1. The highest BCUT2D eigenvalue weighted by Gasteiger charge is 2.22. The zero-order chi connectivity index (χ0) is 12.3. The van der Waals surface area contributed by atoms with Gasteiger partial charge in [0, 0.05) is 5.69 Å². The summed E-state index contributed by atoms with van der Waals surface area (Å²) in [5.41, 5.74) is 1.72. The van der Waals surface area contributed by atoms with Crippen LogP contribution in [0.5, 0.6) is 5.75 Å². The fourth-order valence-corrected chi connectivity index (χ4v) is 1.94. The molecule has 0 saturated heterocycles. The highest BCUT2D eigenvalue weighted by atomic mass is 16.5. The summed E-state index contributed by atoms with van der Waals surface area (Å²) >= 11 is 0. The molecule has 0 saturated carbocycles. The molecule has 1 amide bonds. The molecule has 0 fully saturated rings. The molecule has 1 aromatic rings. The predicted molar refractivity (Wildman–Crippen MR) is 61.1 cm³/mol. The molecule has 1 heterocycles. The first-order chi connectivity index (χ1) is 8.19. The maximum absolute atomic E-state index is 10.6. The van der Waals surface area contributed by atoms with E-state index in [2.05, 4.69) is 5.32 Å². The first-order valence-electron chi connectivity index (χ1n) is 5.40. The maximum atomic E-state index is 10.6. The van der Waals surface area contributed by atoms with Gasteiger partial charge >= 0.3 is 5.97 Å². The van der Waals surface area contributed by atoms with E-state index in [0.29, 0.717) is 18.6 Å². The number of benzene rings is 1. The van der Waals surface area contributed by atoms with Gasteiger partial charge in [0.2, 0.25) is 6.41 Å². The summed E-state index contributed by atoms with van der Waals surface area (Å²) in [7, 11) is 0. The Kier molecular flexibility index (Phi) is 3.27. The van der Waals surface area contributed by atoms with Crippen molar-refractivity contribution < 1.29 is 19.4 Å². The molecule has 1 unspecified atom stereocenters. The lowest BCUT2D eigenvalue weighted by atomic mass is 10.00. The molecule has 1 aliphatic rings. The van der Waals surface area contributed by atoms with Crippen LogP contribution in [0, 0.1) is 0 Å². The van der Waals surface area contributed by atoms with E-state index in [1.54, 1.807) is 12.1 Å². The topological polar surface area (TPSA) is 75.6 Å². The third-order valence-corrected chi connectivity index (χ3v) is 2.72. The normalized spacial score (nSPS) is 17.8. The Balaban J connectivity index is 2.11. The number of amides is 1. The molecule has 17 heavy (non-hydrogen) atoms. The summed E-state index contributed by atoms with van der Waals surface area (Å²) in [4.78, 5) is 20.9. The van der Waals surface area contributed by atoms with Crippen molar-refractivity contribution in [3.8, 4) is 5.75 Å². The van der Waals surface area contributed by atoms with Gasteiger partial charge in [-0.15, -0.1) is 0 Å². The van der Waals surface area contributed by atoms with Crippen LogP contribution < -0.4 is 10.1 Å². The quantitative estimate of drug-likeness (QED) is 0.774. The van der Waals surface area contributed by atoms with Gasteiger partial charge < -0.3 is 15.2 Å². The number of carboxylic acid groups (broad SMARTS) is 1. The second kappa shape index (κ2) is 4.86. The fraction of sp³-hybridized carbons (Fsp3) is 0.333. The van der Waals surface area contributed by atoms with Crippen molar-refractivity contribution in [3.05, 3.63) is 23.8 Å². The Morgan fingerprint density at radius 2 is 2.41 bits per heavy atom. The van der Waals surface area contributed by atoms with Crippen LogP contribution >= 0.6 is 0 Å². The number of carbonyl (C=O) groups is 2. The second-order valence-corrected chi connectivity index (χ2v) is 3.96. The van der Waals surface area contributed by atoms with Gasteiger partial charge in [0.25, 0.3) is 0 Å². The minimum Gasteiger partial charge on any atom is -0.490 e. The summed E-state index contributed by atoms with van der Waals surface area (Å²) in [6, 6.07) is 5.34. The van der Waals surface area contributed by atoms with Gasteiger partial charge in [-0.1, -0.05) is 0 Å². The minimum atomic E-state index is -0.849. The van der Waals surface area contributed by atoms with Crippen LogP contribution in [0.4, 0.5) is 5.69 Å². The molecule has 1 atom stereocenters. The zero-order valence-electron chi connectivity index (χ0n) is 9.18. The smallest absolute Gasteiger partial charge is 0.307 e. The Morgan fingerprint density at radius 1 is 1.59 bits per heavy atom. The van der Waals surface area contributed by atoms with Crippen molar-refractivity contribution in [2.75, 3.05) is 5.32 Å². The van der Waals surface area contributed by atoms with Gasteiger partial charge in [0.1, 0.15) is 11.9 Å². The van der Waals surface area contributed by atoms with E-state index in [-0.39, 0.29) is 12.5 Å². The Hall–Kier alpha value is -2.04. The van der Waals surface area contributed by atoms with Crippen LogP contribution in [0.3, 0.4) is 0 Å². The Morgan fingerprint density at radius 3 is 3.12 bits per heavy atom. The number of rotatable bonds is 4. The van der Waals surface area contributed by atoms with Crippen molar-refractivity contribution in [2.24, 2.45) is 0 Å².